The van der Waals surface area contributed by atoms with Gasteiger partial charge in [-0.15, -0.1) is 11.8 Å². The van der Waals surface area contributed by atoms with E-state index in [1.54, 1.807) is 12.1 Å². The Balaban J connectivity index is 1.85. The molecule has 1 N–H and O–H groups in total. The van der Waals surface area contributed by atoms with Gasteiger partial charge in [0.25, 0.3) is 0 Å². The number of Topliss-reactive ketones (excluding diaryl/α,β-unsaturated/α-hetero) is 2. The molecule has 0 aliphatic carbocycles. The van der Waals surface area contributed by atoms with E-state index in [1.807, 2.05) is 6.92 Å². The first-order valence-corrected chi connectivity index (χ1v) is 8.72. The van der Waals surface area contributed by atoms with Gasteiger partial charge in [-0.25, -0.2) is 4.98 Å². The number of carbonyl (C=O) groups is 3. The smallest absolute Gasteiger partial charge is 0.223 e. The number of fused-ring (bicyclic) bond motifs is 1. The molecule has 1 unspecified atom stereocenters. The number of nitrogens with zero attached hydrogens (tertiary/aromatic N) is 2. The van der Waals surface area contributed by atoms with E-state index < -0.39 is 5.25 Å². The second-order valence-electron chi connectivity index (χ2n) is 5.08. The van der Waals surface area contributed by atoms with Crippen molar-refractivity contribution in [1.29, 1.82) is 0 Å². The molecule has 2 aromatic rings. The largest absolute Gasteiger partial charge is 0.302 e. The van der Waals surface area contributed by atoms with E-state index in [-0.39, 0.29) is 17.5 Å². The van der Waals surface area contributed by atoms with Crippen LogP contribution >= 0.6 is 23.1 Å². The lowest BCUT2D eigenvalue weighted by Crippen LogP contribution is -2.30. The Morgan fingerprint density at radius 1 is 1.35 bits per heavy atom. The highest BCUT2D eigenvalue weighted by Crippen LogP contribution is 2.36. The molecule has 1 aliphatic heterocycles. The average Bonchev–Trinajstić information content (AvgIpc) is 2.90. The van der Waals surface area contributed by atoms with Crippen LogP contribution in [0.4, 0.5) is 5.13 Å². The zero-order chi connectivity index (χ0) is 16.6. The fraction of sp³-hybridized carbons (Fsp3) is 0.267. The molecule has 0 fully saturated rings. The van der Waals surface area contributed by atoms with Crippen LogP contribution in [0.5, 0.6) is 0 Å². The zero-order valence-electron chi connectivity index (χ0n) is 12.5. The number of ketones is 2. The SMILES string of the molecule is CC(=O)Nc1nc2c(s1)C(=O)C(C(=O)c1ccc(C)nc1)SC2. The van der Waals surface area contributed by atoms with Gasteiger partial charge in [0.15, 0.2) is 16.7 Å². The lowest BCUT2D eigenvalue weighted by molar-refractivity contribution is -0.114. The van der Waals surface area contributed by atoms with Crippen LogP contribution in [0.1, 0.15) is 38.3 Å². The van der Waals surface area contributed by atoms with Gasteiger partial charge in [0, 0.05) is 30.1 Å². The molecule has 1 aliphatic rings. The monoisotopic (exact) mass is 347 g/mol. The van der Waals surface area contributed by atoms with Gasteiger partial charge in [-0.3, -0.25) is 19.4 Å². The maximum absolute atomic E-state index is 12.6. The molecule has 118 valence electrons. The van der Waals surface area contributed by atoms with E-state index in [0.29, 0.717) is 27.0 Å². The lowest BCUT2D eigenvalue weighted by atomic mass is 10.1. The van der Waals surface area contributed by atoms with Crippen LogP contribution in [0.15, 0.2) is 18.3 Å². The highest BCUT2D eigenvalue weighted by atomic mass is 32.2. The molecule has 0 saturated carbocycles. The molecule has 3 rings (SSSR count). The molecule has 3 heterocycles. The number of anilines is 1. The Morgan fingerprint density at radius 3 is 2.78 bits per heavy atom. The summed E-state index contributed by atoms with van der Waals surface area (Å²) in [5.41, 5.74) is 1.87. The van der Waals surface area contributed by atoms with Crippen molar-refractivity contribution >= 4 is 45.7 Å². The number of amides is 1. The fourth-order valence-corrected chi connectivity index (χ4v) is 4.42. The van der Waals surface area contributed by atoms with Crippen molar-refractivity contribution in [1.82, 2.24) is 9.97 Å². The van der Waals surface area contributed by atoms with Crippen molar-refractivity contribution in [3.63, 3.8) is 0 Å². The van der Waals surface area contributed by atoms with Crippen molar-refractivity contribution in [2.45, 2.75) is 24.9 Å². The molecule has 8 heteroatoms. The Labute approximate surface area is 140 Å². The molecule has 0 radical (unpaired) electrons. The summed E-state index contributed by atoms with van der Waals surface area (Å²) in [6.45, 7) is 3.22. The van der Waals surface area contributed by atoms with Crippen LogP contribution in [0.3, 0.4) is 0 Å². The number of aryl methyl sites for hydroxylation is 1. The van der Waals surface area contributed by atoms with Gasteiger partial charge in [-0.05, 0) is 19.1 Å². The summed E-state index contributed by atoms with van der Waals surface area (Å²) in [5.74, 6) is -0.273. The summed E-state index contributed by atoms with van der Waals surface area (Å²) in [6.07, 6.45) is 1.50. The molecular weight excluding hydrogens is 334 g/mol. The van der Waals surface area contributed by atoms with Crippen LogP contribution < -0.4 is 5.32 Å². The second kappa shape index (κ2) is 6.21. The first-order chi connectivity index (χ1) is 11.0. The molecule has 2 aromatic heterocycles. The van der Waals surface area contributed by atoms with Crippen molar-refractivity contribution in [3.8, 4) is 0 Å². The molecule has 0 bridgehead atoms. The Hall–Kier alpha value is -2.06. The van der Waals surface area contributed by atoms with Crippen LogP contribution in [-0.2, 0) is 10.5 Å². The van der Waals surface area contributed by atoms with Crippen LogP contribution in [0, 0.1) is 6.92 Å². The molecular formula is C15H13N3O3S2. The number of nitrogens with one attached hydrogen (secondary N) is 1. The number of rotatable bonds is 3. The van der Waals surface area contributed by atoms with Gasteiger partial charge in [0.05, 0.1) is 10.6 Å². The van der Waals surface area contributed by atoms with Crippen molar-refractivity contribution in [2.24, 2.45) is 0 Å². The highest BCUT2D eigenvalue weighted by Gasteiger charge is 2.36. The second-order valence-corrected chi connectivity index (χ2v) is 7.18. The van der Waals surface area contributed by atoms with E-state index >= 15 is 0 Å². The topological polar surface area (TPSA) is 89.0 Å². The predicted octanol–water partition coefficient (Wildman–Crippen LogP) is 2.49. The number of aromatic nitrogens is 2. The summed E-state index contributed by atoms with van der Waals surface area (Å²) in [4.78, 5) is 45.0. The third kappa shape index (κ3) is 3.18. The number of hydrogen-bond acceptors (Lipinski definition) is 7. The van der Waals surface area contributed by atoms with Gasteiger partial charge in [-0.2, -0.15) is 0 Å². The van der Waals surface area contributed by atoms with E-state index in [1.165, 1.54) is 24.9 Å². The first kappa shape index (κ1) is 15.8. The molecule has 23 heavy (non-hydrogen) atoms. The molecule has 1 amide bonds. The van der Waals surface area contributed by atoms with Gasteiger partial charge in [0.1, 0.15) is 5.25 Å². The molecule has 1 atom stereocenters. The van der Waals surface area contributed by atoms with Crippen LogP contribution in [-0.4, -0.2) is 32.7 Å². The zero-order valence-corrected chi connectivity index (χ0v) is 14.1. The minimum atomic E-state index is -0.780. The summed E-state index contributed by atoms with van der Waals surface area (Å²) in [6, 6.07) is 3.43. The number of thiazole rings is 1. The van der Waals surface area contributed by atoms with E-state index in [0.717, 1.165) is 17.0 Å². The molecule has 6 nitrogen and oxygen atoms in total. The Bertz CT molecular complexity index is 799. The lowest BCUT2D eigenvalue weighted by Gasteiger charge is -2.18. The van der Waals surface area contributed by atoms with Crippen molar-refractivity contribution in [3.05, 3.63) is 40.2 Å². The maximum atomic E-state index is 12.6. The number of thioether (sulfide) groups is 1. The summed E-state index contributed by atoms with van der Waals surface area (Å²) in [7, 11) is 0. The summed E-state index contributed by atoms with van der Waals surface area (Å²) >= 11 is 2.37. The van der Waals surface area contributed by atoms with Gasteiger partial charge >= 0.3 is 0 Å². The first-order valence-electron chi connectivity index (χ1n) is 6.85. The predicted molar refractivity (Wildman–Crippen MR) is 89.1 cm³/mol. The van der Waals surface area contributed by atoms with Crippen molar-refractivity contribution < 1.29 is 14.4 Å². The van der Waals surface area contributed by atoms with Crippen LogP contribution in [0.2, 0.25) is 0 Å². The fourth-order valence-electron chi connectivity index (χ4n) is 2.16. The van der Waals surface area contributed by atoms with Gasteiger partial charge in [-0.1, -0.05) is 11.3 Å². The quantitative estimate of drug-likeness (QED) is 0.678. The van der Waals surface area contributed by atoms with E-state index in [9.17, 15) is 14.4 Å². The number of hydrogen-bond donors (Lipinski definition) is 1. The Morgan fingerprint density at radius 2 is 2.13 bits per heavy atom. The average molecular weight is 347 g/mol. The van der Waals surface area contributed by atoms with Gasteiger partial charge < -0.3 is 5.32 Å². The maximum Gasteiger partial charge on any atom is 0.223 e. The van der Waals surface area contributed by atoms with Crippen LogP contribution in [0.25, 0.3) is 0 Å². The van der Waals surface area contributed by atoms with Gasteiger partial charge in [0.2, 0.25) is 5.91 Å². The third-order valence-electron chi connectivity index (χ3n) is 3.26. The normalized spacial score (nSPS) is 16.8. The van der Waals surface area contributed by atoms with Crippen molar-refractivity contribution in [2.75, 3.05) is 5.32 Å². The molecule has 0 aromatic carbocycles. The minimum Gasteiger partial charge on any atom is -0.302 e. The number of pyridine rings is 1. The Kier molecular flexibility index (Phi) is 4.27. The molecule has 0 saturated heterocycles. The highest BCUT2D eigenvalue weighted by molar-refractivity contribution is 8.00. The third-order valence-corrected chi connectivity index (χ3v) is 5.49. The summed E-state index contributed by atoms with van der Waals surface area (Å²) < 4.78 is 0. The number of carbonyl (C=O) groups excluding carboxylic acids is 3. The standard InChI is InChI=1S/C15H13N3O3S2/c1-7-3-4-9(5-16-7)11(20)14-12(21)13-10(6-22-14)18-15(23-13)17-8(2)19/h3-5,14H,6H2,1-2H3,(H,17,18,19). The summed E-state index contributed by atoms with van der Waals surface area (Å²) in [5, 5.41) is 2.19. The van der Waals surface area contributed by atoms with E-state index in [2.05, 4.69) is 15.3 Å². The van der Waals surface area contributed by atoms with E-state index in [4.69, 9.17) is 0 Å². The molecule has 0 spiro atoms. The minimum absolute atomic E-state index is 0.241.